The molecule has 0 aliphatic rings. The van der Waals surface area contributed by atoms with Crippen LogP contribution in [0.5, 0.6) is 0 Å². The van der Waals surface area contributed by atoms with Gasteiger partial charge in [-0.05, 0) is 30.3 Å². The zero-order valence-corrected chi connectivity index (χ0v) is 11.1. The largest absolute Gasteiger partial charge is 0.283 e. The molecule has 0 spiro atoms. The Kier molecular flexibility index (Phi) is 1.87. The van der Waals surface area contributed by atoms with Gasteiger partial charge in [0.1, 0.15) is 0 Å². The number of halogens is 1. The van der Waals surface area contributed by atoms with Crippen LogP contribution in [0.3, 0.4) is 0 Å². The van der Waals surface area contributed by atoms with Crippen LogP contribution in [-0.4, -0.2) is 9.38 Å². The topological polar surface area (TPSA) is 17.3 Å². The Bertz CT molecular complexity index is 860. The van der Waals surface area contributed by atoms with Crippen molar-refractivity contribution >= 4 is 53.5 Å². The number of imidazole rings is 1. The van der Waals surface area contributed by atoms with Crippen LogP contribution in [0.4, 0.5) is 0 Å². The lowest BCUT2D eigenvalue weighted by atomic mass is 10.3. The van der Waals surface area contributed by atoms with Gasteiger partial charge in [-0.1, -0.05) is 39.4 Å². The maximum absolute atomic E-state index is 4.65. The second kappa shape index (κ2) is 3.31. The van der Waals surface area contributed by atoms with E-state index in [1.54, 1.807) is 11.3 Å². The summed E-state index contributed by atoms with van der Waals surface area (Å²) in [5.74, 6) is 0. The Morgan fingerprint density at radius 1 is 1.06 bits per heavy atom. The van der Waals surface area contributed by atoms with Gasteiger partial charge in [-0.25, -0.2) is 4.98 Å². The molecule has 4 rings (SSSR count). The summed E-state index contributed by atoms with van der Waals surface area (Å²) in [5.41, 5.74) is 3.44. The third-order valence-electron chi connectivity index (χ3n) is 2.89. The molecule has 0 aliphatic heterocycles. The average Bonchev–Trinajstić information content (AvgIpc) is 2.84. The highest BCUT2D eigenvalue weighted by Gasteiger charge is 2.10. The Morgan fingerprint density at radius 2 is 1.94 bits per heavy atom. The highest BCUT2D eigenvalue weighted by atomic mass is 79.9. The predicted molar refractivity (Wildman–Crippen MR) is 75.8 cm³/mol. The minimum absolute atomic E-state index is 1.05. The van der Waals surface area contributed by atoms with Crippen molar-refractivity contribution in [2.45, 2.75) is 0 Å². The number of hydrogen-bond acceptors (Lipinski definition) is 2. The van der Waals surface area contributed by atoms with E-state index in [9.17, 15) is 0 Å². The minimum atomic E-state index is 1.05. The molecule has 0 aliphatic carbocycles. The molecule has 0 unspecified atom stereocenters. The predicted octanol–water partition coefficient (Wildman–Crippen LogP) is 4.46. The van der Waals surface area contributed by atoms with Crippen LogP contribution >= 0.6 is 27.3 Å². The van der Waals surface area contributed by atoms with Crippen LogP contribution in [-0.2, 0) is 0 Å². The number of hydrogen-bond donors (Lipinski definition) is 0. The molecule has 2 aromatic carbocycles. The van der Waals surface area contributed by atoms with Crippen molar-refractivity contribution < 1.29 is 0 Å². The molecular formula is C13H7BrN2S. The van der Waals surface area contributed by atoms with Crippen LogP contribution < -0.4 is 0 Å². The Labute approximate surface area is 110 Å². The third-order valence-corrected chi connectivity index (χ3v) is 4.41. The molecule has 0 radical (unpaired) electrons. The molecule has 17 heavy (non-hydrogen) atoms. The highest BCUT2D eigenvalue weighted by molar-refractivity contribution is 9.10. The molecule has 4 aromatic rings. The summed E-state index contributed by atoms with van der Waals surface area (Å²) in [6.45, 7) is 0. The van der Waals surface area contributed by atoms with Crippen molar-refractivity contribution in [1.29, 1.82) is 0 Å². The fraction of sp³-hybridized carbons (Fsp3) is 0. The zero-order valence-electron chi connectivity index (χ0n) is 8.72. The van der Waals surface area contributed by atoms with E-state index in [1.807, 2.05) is 6.07 Å². The number of para-hydroxylation sites is 2. The second-order valence-corrected chi connectivity index (χ2v) is 5.86. The molecule has 4 heteroatoms. The number of benzene rings is 2. The molecule has 82 valence electrons. The van der Waals surface area contributed by atoms with Crippen molar-refractivity contribution in [2.24, 2.45) is 0 Å². The summed E-state index contributed by atoms with van der Waals surface area (Å²) in [6, 6.07) is 14.6. The van der Waals surface area contributed by atoms with E-state index in [2.05, 4.69) is 61.7 Å². The second-order valence-electron chi connectivity index (χ2n) is 3.93. The van der Waals surface area contributed by atoms with Crippen molar-refractivity contribution in [3.63, 3.8) is 0 Å². The monoisotopic (exact) mass is 302 g/mol. The molecule has 0 amide bonds. The first kappa shape index (κ1) is 9.62. The summed E-state index contributed by atoms with van der Waals surface area (Å²) in [7, 11) is 0. The van der Waals surface area contributed by atoms with Gasteiger partial charge in [0.05, 0.1) is 21.3 Å². The van der Waals surface area contributed by atoms with Gasteiger partial charge >= 0.3 is 0 Å². The smallest absolute Gasteiger partial charge is 0.195 e. The lowest BCUT2D eigenvalue weighted by Crippen LogP contribution is -1.79. The first-order valence-corrected chi connectivity index (χ1v) is 6.89. The van der Waals surface area contributed by atoms with Crippen LogP contribution in [0.25, 0.3) is 26.2 Å². The standard InChI is InChI=1S/C13H7BrN2S/c14-8-5-6-12-11(7-8)16-10-4-2-1-3-9(10)15-13(16)17-12/h1-7H. The maximum Gasteiger partial charge on any atom is 0.195 e. The Hall–Kier alpha value is -1.39. The molecule has 0 saturated heterocycles. The van der Waals surface area contributed by atoms with E-state index in [1.165, 1.54) is 15.7 Å². The van der Waals surface area contributed by atoms with Crippen LogP contribution in [0.15, 0.2) is 46.9 Å². The molecule has 0 fully saturated rings. The summed E-state index contributed by atoms with van der Waals surface area (Å²) in [4.78, 5) is 5.70. The highest BCUT2D eigenvalue weighted by Crippen LogP contribution is 2.31. The lowest BCUT2D eigenvalue weighted by Gasteiger charge is -1.95. The first-order valence-electron chi connectivity index (χ1n) is 5.28. The van der Waals surface area contributed by atoms with E-state index >= 15 is 0 Å². The summed E-state index contributed by atoms with van der Waals surface area (Å²) in [5, 5.41) is 0. The summed E-state index contributed by atoms with van der Waals surface area (Å²) in [6.07, 6.45) is 0. The number of thiazole rings is 1. The minimum Gasteiger partial charge on any atom is -0.283 e. The fourth-order valence-electron chi connectivity index (χ4n) is 2.16. The van der Waals surface area contributed by atoms with E-state index < -0.39 is 0 Å². The third kappa shape index (κ3) is 1.28. The molecule has 0 saturated carbocycles. The van der Waals surface area contributed by atoms with E-state index in [4.69, 9.17) is 0 Å². The summed E-state index contributed by atoms with van der Waals surface area (Å²) >= 11 is 5.25. The van der Waals surface area contributed by atoms with Gasteiger partial charge in [-0.2, -0.15) is 0 Å². The van der Waals surface area contributed by atoms with Gasteiger partial charge in [0, 0.05) is 4.47 Å². The number of nitrogens with zero attached hydrogens (tertiary/aromatic N) is 2. The van der Waals surface area contributed by atoms with Crippen LogP contribution in [0, 0.1) is 0 Å². The van der Waals surface area contributed by atoms with E-state index in [-0.39, 0.29) is 0 Å². The fourth-order valence-corrected chi connectivity index (χ4v) is 3.52. The van der Waals surface area contributed by atoms with E-state index in [0.717, 1.165) is 15.0 Å². The molecule has 0 bridgehead atoms. The van der Waals surface area contributed by atoms with Gasteiger partial charge in [-0.3, -0.25) is 4.40 Å². The summed E-state index contributed by atoms with van der Waals surface area (Å²) < 4.78 is 4.59. The first-order chi connectivity index (χ1) is 8.33. The zero-order chi connectivity index (χ0) is 11.4. The van der Waals surface area contributed by atoms with Crippen molar-refractivity contribution in [1.82, 2.24) is 9.38 Å². The Balaban J connectivity index is 2.33. The molecule has 0 atom stereocenters. The molecule has 0 N–H and O–H groups in total. The van der Waals surface area contributed by atoms with Crippen molar-refractivity contribution in [3.05, 3.63) is 46.9 Å². The Morgan fingerprint density at radius 3 is 2.88 bits per heavy atom. The number of rotatable bonds is 0. The molecule has 2 heterocycles. The lowest BCUT2D eigenvalue weighted by molar-refractivity contribution is 1.34. The van der Waals surface area contributed by atoms with Crippen molar-refractivity contribution in [2.75, 3.05) is 0 Å². The molecular weight excluding hydrogens is 296 g/mol. The van der Waals surface area contributed by atoms with Gasteiger partial charge in [0.25, 0.3) is 0 Å². The maximum atomic E-state index is 4.65. The SMILES string of the molecule is Brc1ccc2sc3nc4ccccc4n3c2c1. The van der Waals surface area contributed by atoms with Gasteiger partial charge in [0.15, 0.2) is 4.96 Å². The van der Waals surface area contributed by atoms with Crippen molar-refractivity contribution in [3.8, 4) is 0 Å². The normalized spacial score (nSPS) is 11.8. The van der Waals surface area contributed by atoms with Gasteiger partial charge < -0.3 is 0 Å². The molecule has 2 aromatic heterocycles. The van der Waals surface area contributed by atoms with Crippen LogP contribution in [0.1, 0.15) is 0 Å². The number of fused-ring (bicyclic) bond motifs is 5. The van der Waals surface area contributed by atoms with E-state index in [0.29, 0.717) is 0 Å². The quantitative estimate of drug-likeness (QED) is 0.468. The average molecular weight is 303 g/mol. The molecule has 2 nitrogen and oxygen atoms in total. The van der Waals surface area contributed by atoms with Gasteiger partial charge in [-0.15, -0.1) is 0 Å². The number of aromatic nitrogens is 2. The van der Waals surface area contributed by atoms with Crippen LogP contribution in [0.2, 0.25) is 0 Å². The van der Waals surface area contributed by atoms with Gasteiger partial charge in [0.2, 0.25) is 0 Å².